The average Bonchev–Trinajstić information content (AvgIpc) is 3.01. The smallest absolute Gasteiger partial charge is 0.377 e. The van der Waals surface area contributed by atoms with Crippen molar-refractivity contribution in [2.45, 2.75) is 64.5 Å². The molecule has 5 aliphatic rings. The van der Waals surface area contributed by atoms with Crippen LogP contribution in [0.3, 0.4) is 0 Å². The number of guanidine groups is 1. The Morgan fingerprint density at radius 1 is 1.17 bits per heavy atom. The predicted octanol–water partition coefficient (Wildman–Crippen LogP) is 3.57. The highest BCUT2D eigenvalue weighted by Gasteiger charge is 2.52. The first-order chi connectivity index (χ1) is 16.8. The summed E-state index contributed by atoms with van der Waals surface area (Å²) in [5.41, 5.74) is -0.225. The number of ether oxygens (including phenoxy) is 1. The first-order valence-corrected chi connectivity index (χ1v) is 12.4. The Morgan fingerprint density at radius 2 is 1.97 bits per heavy atom. The number of hydrogen-bond acceptors (Lipinski definition) is 7. The monoisotopic (exact) mass is 492 g/mol. The molecule has 0 spiro atoms. The van der Waals surface area contributed by atoms with Crippen LogP contribution in [0.1, 0.15) is 34.1 Å². The molecule has 10 heteroatoms. The van der Waals surface area contributed by atoms with Gasteiger partial charge in [0.05, 0.1) is 43.3 Å². The number of nitrogens with one attached hydrogen (secondary N) is 1. The van der Waals surface area contributed by atoms with Gasteiger partial charge in [0.15, 0.2) is 0 Å². The minimum absolute atomic E-state index is 0.119. The third-order valence-corrected chi connectivity index (χ3v) is 7.17. The first-order valence-electron chi connectivity index (χ1n) is 12.4. The fourth-order valence-electron chi connectivity index (χ4n) is 5.16. The van der Waals surface area contributed by atoms with E-state index in [1.807, 2.05) is 30.9 Å². The maximum Gasteiger partial charge on any atom is 0.412 e. The number of aliphatic imine (C=N–C) groups is 3. The van der Waals surface area contributed by atoms with Crippen molar-refractivity contribution in [3.63, 3.8) is 0 Å². The maximum atomic E-state index is 13.8. The van der Waals surface area contributed by atoms with Crippen LogP contribution in [0.15, 0.2) is 51.1 Å². The molecule has 0 saturated carbocycles. The number of rotatable bonds is 1. The molecule has 0 aromatic carbocycles. The fourth-order valence-corrected chi connectivity index (χ4v) is 5.16. The number of allylic oxidation sites excluding steroid dienone is 3. The van der Waals surface area contributed by atoms with E-state index in [-0.39, 0.29) is 18.1 Å². The van der Waals surface area contributed by atoms with E-state index in [4.69, 9.17) is 14.7 Å². The van der Waals surface area contributed by atoms with E-state index < -0.39 is 17.6 Å². The molecule has 2 fully saturated rings. The van der Waals surface area contributed by atoms with Crippen LogP contribution in [0.25, 0.3) is 0 Å². The van der Waals surface area contributed by atoms with E-state index in [0.29, 0.717) is 50.8 Å². The largest absolute Gasteiger partial charge is 0.412 e. The summed E-state index contributed by atoms with van der Waals surface area (Å²) in [6.07, 6.45) is 6.57. The molecule has 35 heavy (non-hydrogen) atoms. The van der Waals surface area contributed by atoms with Crippen molar-refractivity contribution >= 4 is 18.0 Å². The van der Waals surface area contributed by atoms with Gasteiger partial charge in [-0.05, 0) is 44.2 Å². The molecule has 0 aromatic rings. The molecule has 2 saturated heterocycles. The van der Waals surface area contributed by atoms with Gasteiger partial charge in [-0.2, -0.15) is 18.2 Å². The molecule has 5 aliphatic heterocycles. The van der Waals surface area contributed by atoms with Crippen molar-refractivity contribution in [2.75, 3.05) is 32.8 Å². The molecule has 0 aromatic heterocycles. The summed E-state index contributed by atoms with van der Waals surface area (Å²) in [4.78, 5) is 18.6. The maximum absolute atomic E-state index is 13.8. The quantitative estimate of drug-likeness (QED) is 0.608. The van der Waals surface area contributed by atoms with Crippen molar-refractivity contribution < 1.29 is 17.9 Å². The molecule has 0 bridgehead atoms. The Hall–Kier alpha value is -2.62. The van der Waals surface area contributed by atoms with E-state index in [9.17, 15) is 13.2 Å². The summed E-state index contributed by atoms with van der Waals surface area (Å²) in [6, 6.07) is -2.12. The highest BCUT2D eigenvalue weighted by Crippen LogP contribution is 2.41. The second-order valence-electron chi connectivity index (χ2n) is 9.32. The molecule has 5 atom stereocenters. The number of likely N-dealkylation sites (tertiary alicyclic amines) is 1. The van der Waals surface area contributed by atoms with Gasteiger partial charge in [0, 0.05) is 19.3 Å². The topological polar surface area (TPSA) is 64.8 Å². The second kappa shape index (κ2) is 10.2. The van der Waals surface area contributed by atoms with E-state index in [0.717, 1.165) is 5.84 Å². The number of halogens is 3. The Balaban J connectivity index is 0.00000141. The Kier molecular flexibility index (Phi) is 7.40. The minimum atomic E-state index is -4.37. The van der Waals surface area contributed by atoms with Crippen LogP contribution in [0, 0.1) is 5.41 Å². The van der Waals surface area contributed by atoms with Crippen LogP contribution >= 0.6 is 0 Å². The minimum Gasteiger partial charge on any atom is -0.377 e. The van der Waals surface area contributed by atoms with Crippen LogP contribution in [0.5, 0.6) is 0 Å². The van der Waals surface area contributed by atoms with Gasteiger partial charge in [-0.3, -0.25) is 4.99 Å². The molecule has 7 nitrogen and oxygen atoms in total. The van der Waals surface area contributed by atoms with Gasteiger partial charge in [0.25, 0.3) is 0 Å². The standard InChI is InChI=1S/C23H29F3N6O.C2H6/c1-15-14-33-12-11-31(15)21-29-18-13-27-8-4-7-22(18,2)20(30-21)32-10-6-17(32)16-5-3-9-28-19(16)23(24,25)26;1-2/h3-5,7-9,15,17-19,28H,6,10-14H2,1-2H3;1-2H3/t15?,17?,18-,19?,22?;/m1./s1. The summed E-state index contributed by atoms with van der Waals surface area (Å²) in [5.74, 6) is 1.40. The third kappa shape index (κ3) is 4.77. The summed E-state index contributed by atoms with van der Waals surface area (Å²) in [6.45, 7) is 11.2. The normalized spacial score (nSPS) is 34.3. The van der Waals surface area contributed by atoms with Gasteiger partial charge in [-0.25, -0.2) is 4.99 Å². The Labute approximate surface area is 205 Å². The molecular weight excluding hydrogens is 457 g/mol. The van der Waals surface area contributed by atoms with Crippen LogP contribution in [0.4, 0.5) is 13.2 Å². The molecule has 5 heterocycles. The van der Waals surface area contributed by atoms with Gasteiger partial charge >= 0.3 is 6.18 Å². The number of alkyl halides is 3. The van der Waals surface area contributed by atoms with Crippen LogP contribution in [-0.4, -0.2) is 91.0 Å². The van der Waals surface area contributed by atoms with E-state index in [1.54, 1.807) is 18.4 Å². The van der Waals surface area contributed by atoms with Crippen LogP contribution < -0.4 is 5.32 Å². The molecule has 1 N–H and O–H groups in total. The van der Waals surface area contributed by atoms with Gasteiger partial charge in [-0.1, -0.05) is 26.0 Å². The summed E-state index contributed by atoms with van der Waals surface area (Å²) in [7, 11) is 0. The summed E-state index contributed by atoms with van der Waals surface area (Å²) < 4.78 is 46.9. The van der Waals surface area contributed by atoms with Crippen molar-refractivity contribution in [1.29, 1.82) is 0 Å². The third-order valence-electron chi connectivity index (χ3n) is 7.17. The number of nitrogens with zero attached hydrogens (tertiary/aromatic N) is 5. The van der Waals surface area contributed by atoms with Gasteiger partial charge in [0.2, 0.25) is 5.96 Å². The lowest BCUT2D eigenvalue weighted by atomic mass is 9.76. The van der Waals surface area contributed by atoms with Gasteiger partial charge in [-0.15, -0.1) is 0 Å². The lowest BCUT2D eigenvalue weighted by molar-refractivity contribution is -0.147. The SMILES string of the molecule is CC.CC1COCCN1C1=N[C@@H]2CN=CC=CC2(C)C(N2CCC2C2=CC=CNC2C(F)(F)F)=N1. The summed E-state index contributed by atoms with van der Waals surface area (Å²) >= 11 is 0. The molecule has 0 aliphatic carbocycles. The van der Waals surface area contributed by atoms with Crippen molar-refractivity contribution in [3.8, 4) is 0 Å². The number of amidine groups is 1. The van der Waals surface area contributed by atoms with Crippen LogP contribution in [-0.2, 0) is 4.74 Å². The van der Waals surface area contributed by atoms with Gasteiger partial charge < -0.3 is 19.9 Å². The van der Waals surface area contributed by atoms with Gasteiger partial charge in [0.1, 0.15) is 11.9 Å². The number of hydrogen-bond donors (Lipinski definition) is 1. The average molecular weight is 493 g/mol. The molecule has 4 unspecified atom stereocenters. The molecule has 0 radical (unpaired) electrons. The zero-order valence-corrected chi connectivity index (χ0v) is 20.8. The van der Waals surface area contributed by atoms with Crippen molar-refractivity contribution in [1.82, 2.24) is 15.1 Å². The predicted molar refractivity (Wildman–Crippen MR) is 133 cm³/mol. The fraction of sp³-hybridized carbons (Fsp3) is 0.640. The lowest BCUT2D eigenvalue weighted by Crippen LogP contribution is -2.63. The van der Waals surface area contributed by atoms with Crippen molar-refractivity contribution in [3.05, 3.63) is 36.1 Å². The molecule has 0 amide bonds. The Bertz CT molecular complexity index is 969. The zero-order chi connectivity index (χ0) is 25.2. The number of dihydropyridines is 1. The zero-order valence-electron chi connectivity index (χ0n) is 20.8. The number of fused-ring (bicyclic) bond motifs is 1. The highest BCUT2D eigenvalue weighted by molar-refractivity contribution is 6.03. The van der Waals surface area contributed by atoms with E-state index >= 15 is 0 Å². The van der Waals surface area contributed by atoms with Crippen LogP contribution in [0.2, 0.25) is 0 Å². The Morgan fingerprint density at radius 3 is 2.66 bits per heavy atom. The summed E-state index contributed by atoms with van der Waals surface area (Å²) in [5, 5.41) is 2.50. The lowest BCUT2D eigenvalue weighted by Gasteiger charge is -2.52. The van der Waals surface area contributed by atoms with Crippen molar-refractivity contribution in [2.24, 2.45) is 20.4 Å². The molecule has 5 rings (SSSR count). The number of morpholine rings is 1. The molecule has 192 valence electrons. The van der Waals surface area contributed by atoms with E-state index in [2.05, 4.69) is 29.1 Å². The first kappa shape index (κ1) is 25.5. The molecular formula is C25H35F3N6O. The second-order valence-corrected chi connectivity index (χ2v) is 9.32. The highest BCUT2D eigenvalue weighted by atomic mass is 19.4. The van der Waals surface area contributed by atoms with E-state index in [1.165, 1.54) is 6.20 Å².